The third kappa shape index (κ3) is 6.54. The molecule has 0 fully saturated rings. The summed E-state index contributed by atoms with van der Waals surface area (Å²) in [7, 11) is 0. The predicted molar refractivity (Wildman–Crippen MR) is 75.2 cm³/mol. The molecule has 1 aromatic rings. The zero-order valence-electron chi connectivity index (χ0n) is 12.3. The van der Waals surface area contributed by atoms with Crippen LogP contribution in [0.1, 0.15) is 39.3 Å². The standard InChI is InChI=1S/C13H19F3N2O2S/c1-9(18-21(19)12(2,3)4)10-5-6-11(17-7-10)20-8-13(14,15)16/h5-7,9,18H,8H2,1-4H3/t9-,21-/m1/s1. The maximum atomic E-state index is 12.0. The molecule has 0 spiro atoms. The minimum absolute atomic E-state index is 0.0970. The molecule has 0 amide bonds. The van der Waals surface area contributed by atoms with E-state index in [2.05, 4.69) is 14.4 Å². The van der Waals surface area contributed by atoms with Gasteiger partial charge in [0, 0.05) is 23.6 Å². The van der Waals surface area contributed by atoms with E-state index in [-0.39, 0.29) is 11.9 Å². The monoisotopic (exact) mass is 324 g/mol. The molecule has 0 aromatic carbocycles. The molecule has 120 valence electrons. The first-order valence-electron chi connectivity index (χ1n) is 6.32. The average Bonchev–Trinajstić information content (AvgIpc) is 2.35. The molecule has 4 nitrogen and oxygen atoms in total. The number of aromatic nitrogens is 1. The lowest BCUT2D eigenvalue weighted by Gasteiger charge is -2.26. The molecular weight excluding hydrogens is 305 g/mol. The van der Waals surface area contributed by atoms with E-state index in [1.807, 2.05) is 20.8 Å². The molecule has 1 N–H and O–H groups in total. The van der Waals surface area contributed by atoms with Gasteiger partial charge in [-0.2, -0.15) is 13.2 Å². The fraction of sp³-hybridized carbons (Fsp3) is 0.615. The fourth-order valence-electron chi connectivity index (χ4n) is 1.29. The van der Waals surface area contributed by atoms with Crippen molar-refractivity contribution >= 4 is 11.4 Å². The Kier molecular flexibility index (Phi) is 5.89. The van der Waals surface area contributed by atoms with Gasteiger partial charge < -0.3 is 9.29 Å². The Morgan fingerprint density at radius 2 is 1.95 bits per heavy atom. The van der Waals surface area contributed by atoms with E-state index < -0.39 is 28.9 Å². The van der Waals surface area contributed by atoms with Crippen molar-refractivity contribution in [3.05, 3.63) is 23.9 Å². The maximum Gasteiger partial charge on any atom is 0.422 e. The van der Waals surface area contributed by atoms with Crippen LogP contribution >= 0.6 is 0 Å². The molecule has 1 aromatic heterocycles. The van der Waals surface area contributed by atoms with Crippen LogP contribution in [-0.2, 0) is 11.4 Å². The van der Waals surface area contributed by atoms with E-state index in [0.29, 0.717) is 5.56 Å². The van der Waals surface area contributed by atoms with E-state index in [0.717, 1.165) is 0 Å². The lowest BCUT2D eigenvalue weighted by molar-refractivity contribution is -0.154. The van der Waals surface area contributed by atoms with E-state index in [1.165, 1.54) is 12.3 Å². The lowest BCUT2D eigenvalue weighted by atomic mass is 10.2. The quantitative estimate of drug-likeness (QED) is 0.846. The third-order valence-electron chi connectivity index (χ3n) is 2.48. The molecule has 1 heterocycles. The summed E-state index contributed by atoms with van der Waals surface area (Å²) >= 11 is -1.25. The number of nitrogens with zero attached hydrogens (tertiary/aromatic N) is 1. The summed E-state index contributed by atoms with van der Waals surface area (Å²) in [6.45, 7) is 5.96. The van der Waals surface area contributed by atoms with Gasteiger partial charge in [0.2, 0.25) is 5.88 Å². The molecule has 0 radical (unpaired) electrons. The molecule has 0 aliphatic carbocycles. The Morgan fingerprint density at radius 1 is 1.33 bits per heavy atom. The molecule has 0 saturated heterocycles. The third-order valence-corrected chi connectivity index (χ3v) is 4.16. The number of rotatable bonds is 5. The smallest absolute Gasteiger partial charge is 0.422 e. The van der Waals surface area contributed by atoms with Crippen LogP contribution in [0.25, 0.3) is 0 Å². The van der Waals surface area contributed by atoms with Crippen LogP contribution in [0.15, 0.2) is 18.3 Å². The van der Waals surface area contributed by atoms with Gasteiger partial charge in [0.05, 0.1) is 6.04 Å². The summed E-state index contributed by atoms with van der Waals surface area (Å²) < 4.78 is 55.0. The van der Waals surface area contributed by atoms with Crippen molar-refractivity contribution in [3.8, 4) is 5.88 Å². The second-order valence-electron chi connectivity index (χ2n) is 5.55. The topological polar surface area (TPSA) is 57.2 Å². The van der Waals surface area contributed by atoms with E-state index in [1.54, 1.807) is 13.0 Å². The Labute approximate surface area is 125 Å². The van der Waals surface area contributed by atoms with Crippen LogP contribution in [0.5, 0.6) is 5.88 Å². The minimum atomic E-state index is -4.39. The molecule has 8 heteroatoms. The van der Waals surface area contributed by atoms with Gasteiger partial charge in [-0.1, -0.05) is 6.07 Å². The Morgan fingerprint density at radius 3 is 2.38 bits per heavy atom. The molecule has 0 aliphatic heterocycles. The van der Waals surface area contributed by atoms with Gasteiger partial charge in [-0.15, -0.1) is 4.72 Å². The Bertz CT molecular complexity index is 446. The first-order chi connectivity index (χ1) is 9.49. The number of halogens is 3. The van der Waals surface area contributed by atoms with Crippen molar-refractivity contribution < 1.29 is 22.5 Å². The largest absolute Gasteiger partial charge is 0.598 e. The number of nitrogens with one attached hydrogen (secondary N) is 1. The highest BCUT2D eigenvalue weighted by atomic mass is 32.2. The summed E-state index contributed by atoms with van der Waals surface area (Å²) in [5, 5.41) is 0. The number of ether oxygens (including phenoxy) is 1. The SMILES string of the molecule is C[C@@H](N[S@+]([O-])C(C)(C)C)c1ccc(OCC(F)(F)F)nc1. The first-order valence-corrected chi connectivity index (χ1v) is 7.47. The summed E-state index contributed by atoms with van der Waals surface area (Å²) in [6.07, 6.45) is -2.98. The second-order valence-corrected chi connectivity index (χ2v) is 7.55. The second kappa shape index (κ2) is 6.85. The lowest BCUT2D eigenvalue weighted by Crippen LogP contribution is -2.40. The fourth-order valence-corrected chi connectivity index (χ4v) is 2.11. The van der Waals surface area contributed by atoms with E-state index in [4.69, 9.17) is 0 Å². The minimum Gasteiger partial charge on any atom is -0.598 e. The normalized spacial score (nSPS) is 15.6. The van der Waals surface area contributed by atoms with Gasteiger partial charge in [0.1, 0.15) is 4.75 Å². The van der Waals surface area contributed by atoms with Crippen molar-refractivity contribution in [1.82, 2.24) is 9.71 Å². The van der Waals surface area contributed by atoms with Crippen molar-refractivity contribution in [2.24, 2.45) is 0 Å². The Balaban J connectivity index is 2.61. The zero-order chi connectivity index (χ0) is 16.3. The zero-order valence-corrected chi connectivity index (χ0v) is 13.1. The number of pyridine rings is 1. The molecular formula is C13H19F3N2O2S. The van der Waals surface area contributed by atoms with E-state index in [9.17, 15) is 17.7 Å². The maximum absolute atomic E-state index is 12.0. The summed E-state index contributed by atoms with van der Waals surface area (Å²) in [4.78, 5) is 3.81. The van der Waals surface area contributed by atoms with Crippen molar-refractivity contribution in [2.75, 3.05) is 6.61 Å². The number of hydrogen-bond acceptors (Lipinski definition) is 4. The van der Waals surface area contributed by atoms with Crippen LogP contribution in [0.3, 0.4) is 0 Å². The average molecular weight is 324 g/mol. The van der Waals surface area contributed by atoms with Gasteiger partial charge in [0.25, 0.3) is 0 Å². The highest BCUT2D eigenvalue weighted by molar-refractivity contribution is 7.90. The van der Waals surface area contributed by atoms with Gasteiger partial charge in [-0.05, 0) is 33.3 Å². The first kappa shape index (κ1) is 18.1. The molecule has 21 heavy (non-hydrogen) atoms. The summed E-state index contributed by atoms with van der Waals surface area (Å²) in [5.41, 5.74) is 0.715. The molecule has 1 rings (SSSR count). The predicted octanol–water partition coefficient (Wildman–Crippen LogP) is 3.14. The molecule has 2 atom stereocenters. The number of alkyl halides is 3. The van der Waals surface area contributed by atoms with Crippen LogP contribution in [0.2, 0.25) is 0 Å². The highest BCUT2D eigenvalue weighted by Gasteiger charge is 2.29. The molecule has 0 bridgehead atoms. The summed E-state index contributed by atoms with van der Waals surface area (Å²) in [6, 6.07) is 2.71. The van der Waals surface area contributed by atoms with Crippen LogP contribution in [-0.4, -0.2) is 27.1 Å². The van der Waals surface area contributed by atoms with Crippen molar-refractivity contribution in [3.63, 3.8) is 0 Å². The van der Waals surface area contributed by atoms with Gasteiger partial charge >= 0.3 is 6.18 Å². The van der Waals surface area contributed by atoms with Crippen LogP contribution < -0.4 is 9.46 Å². The number of hydrogen-bond donors (Lipinski definition) is 1. The van der Waals surface area contributed by atoms with Gasteiger partial charge in [0.15, 0.2) is 6.61 Å². The summed E-state index contributed by atoms with van der Waals surface area (Å²) in [5.74, 6) is -0.0970. The molecule has 0 unspecified atom stereocenters. The molecule has 0 aliphatic rings. The Hall–Kier alpha value is -0.990. The van der Waals surface area contributed by atoms with Gasteiger partial charge in [-0.25, -0.2) is 4.98 Å². The van der Waals surface area contributed by atoms with Crippen LogP contribution in [0.4, 0.5) is 13.2 Å². The van der Waals surface area contributed by atoms with Crippen molar-refractivity contribution in [2.45, 2.75) is 44.7 Å². The van der Waals surface area contributed by atoms with Crippen molar-refractivity contribution in [1.29, 1.82) is 0 Å². The van der Waals surface area contributed by atoms with E-state index >= 15 is 0 Å². The van der Waals surface area contributed by atoms with Gasteiger partial charge in [-0.3, -0.25) is 0 Å². The highest BCUT2D eigenvalue weighted by Crippen LogP contribution is 2.21. The van der Waals surface area contributed by atoms with Crippen LogP contribution in [0, 0.1) is 0 Å². The molecule has 0 saturated carbocycles.